The van der Waals surface area contributed by atoms with Gasteiger partial charge in [-0.3, -0.25) is 9.78 Å². The lowest BCUT2D eigenvalue weighted by Crippen LogP contribution is -2.13. The second-order valence-corrected chi connectivity index (χ2v) is 2.63. The Labute approximate surface area is 76.3 Å². The van der Waals surface area contributed by atoms with E-state index in [-0.39, 0.29) is 6.04 Å². The largest absolute Gasteiger partial charge is 0.366 e. The highest BCUT2D eigenvalue weighted by Crippen LogP contribution is 2.10. The number of rotatable bonds is 3. The Bertz CT molecular complexity index is 335. The first-order valence-electron chi connectivity index (χ1n) is 3.78. The third kappa shape index (κ3) is 2.13. The molecule has 1 amide bonds. The van der Waals surface area contributed by atoms with Crippen molar-refractivity contribution in [2.45, 2.75) is 6.04 Å². The fourth-order valence-corrected chi connectivity index (χ4v) is 0.911. The molecule has 1 aromatic heterocycles. The quantitative estimate of drug-likeness (QED) is 0.654. The summed E-state index contributed by atoms with van der Waals surface area (Å²) in [6.45, 7) is 3.54. The van der Waals surface area contributed by atoms with Gasteiger partial charge in [0.2, 0.25) is 5.91 Å². The van der Waals surface area contributed by atoms with E-state index in [4.69, 9.17) is 11.5 Å². The van der Waals surface area contributed by atoms with E-state index in [2.05, 4.69) is 11.6 Å². The monoisotopic (exact) mass is 177 g/mol. The molecule has 0 bridgehead atoms. The van der Waals surface area contributed by atoms with Gasteiger partial charge in [-0.15, -0.1) is 6.58 Å². The number of hydrogen-bond donors (Lipinski definition) is 2. The molecule has 0 aliphatic rings. The van der Waals surface area contributed by atoms with Crippen molar-refractivity contribution in [2.75, 3.05) is 0 Å². The van der Waals surface area contributed by atoms with Crippen LogP contribution in [0.5, 0.6) is 0 Å². The Morgan fingerprint density at radius 2 is 2.31 bits per heavy atom. The summed E-state index contributed by atoms with van der Waals surface area (Å²) in [6, 6.07) is 1.30. The minimum absolute atomic E-state index is 0.313. The number of pyridine rings is 1. The van der Waals surface area contributed by atoms with Crippen LogP contribution in [0, 0.1) is 0 Å². The summed E-state index contributed by atoms with van der Waals surface area (Å²) in [5, 5.41) is 0. The molecule has 0 saturated heterocycles. The topological polar surface area (TPSA) is 82.0 Å². The number of carbonyl (C=O) groups excluding carboxylic acids is 1. The van der Waals surface area contributed by atoms with Gasteiger partial charge in [0, 0.05) is 18.4 Å². The maximum Gasteiger partial charge on any atom is 0.250 e. The van der Waals surface area contributed by atoms with E-state index in [9.17, 15) is 4.79 Å². The Morgan fingerprint density at radius 1 is 1.62 bits per heavy atom. The van der Waals surface area contributed by atoms with E-state index in [1.165, 1.54) is 6.20 Å². The van der Waals surface area contributed by atoms with Crippen LogP contribution in [-0.4, -0.2) is 10.9 Å². The fourth-order valence-electron chi connectivity index (χ4n) is 0.911. The summed E-state index contributed by atoms with van der Waals surface area (Å²) < 4.78 is 0. The van der Waals surface area contributed by atoms with Gasteiger partial charge in [-0.1, -0.05) is 6.08 Å². The van der Waals surface area contributed by atoms with Crippen molar-refractivity contribution in [1.82, 2.24) is 4.98 Å². The molecule has 4 nitrogen and oxygen atoms in total. The molecule has 0 aliphatic carbocycles. The summed E-state index contributed by atoms with van der Waals surface area (Å²) in [4.78, 5) is 14.6. The van der Waals surface area contributed by atoms with Crippen LogP contribution in [0.3, 0.4) is 0 Å². The number of amides is 1. The molecule has 1 aromatic rings. The van der Waals surface area contributed by atoms with Gasteiger partial charge in [0.05, 0.1) is 5.56 Å². The standard InChI is InChI=1S/C9H11N3O/c1-2-8(10)6-3-7(9(11)13)5-12-4-6/h2-5,8H,1,10H2,(H2,11,13)/t8-/m1/s1. The van der Waals surface area contributed by atoms with Crippen LogP contribution in [-0.2, 0) is 0 Å². The average Bonchev–Trinajstić information content (AvgIpc) is 2.17. The summed E-state index contributed by atoms with van der Waals surface area (Å²) in [6.07, 6.45) is 4.56. The molecule has 0 radical (unpaired) electrons. The molecule has 0 fully saturated rings. The van der Waals surface area contributed by atoms with Gasteiger partial charge in [0.25, 0.3) is 0 Å². The predicted molar refractivity (Wildman–Crippen MR) is 49.9 cm³/mol. The first-order valence-corrected chi connectivity index (χ1v) is 3.78. The zero-order valence-corrected chi connectivity index (χ0v) is 7.10. The number of nitrogens with zero attached hydrogens (tertiary/aromatic N) is 1. The lowest BCUT2D eigenvalue weighted by atomic mass is 10.1. The number of hydrogen-bond acceptors (Lipinski definition) is 3. The van der Waals surface area contributed by atoms with Crippen molar-refractivity contribution in [2.24, 2.45) is 11.5 Å². The van der Waals surface area contributed by atoms with E-state index >= 15 is 0 Å². The fraction of sp³-hybridized carbons (Fsp3) is 0.111. The molecule has 1 rings (SSSR count). The van der Waals surface area contributed by atoms with Crippen LogP contribution in [0.4, 0.5) is 0 Å². The van der Waals surface area contributed by atoms with Crippen LogP contribution in [0.15, 0.2) is 31.1 Å². The van der Waals surface area contributed by atoms with Gasteiger partial charge in [-0.25, -0.2) is 0 Å². The zero-order chi connectivity index (χ0) is 9.84. The molecule has 0 aromatic carbocycles. The molecular weight excluding hydrogens is 166 g/mol. The predicted octanol–water partition coefficient (Wildman–Crippen LogP) is 0.366. The second-order valence-electron chi connectivity index (χ2n) is 2.63. The Morgan fingerprint density at radius 3 is 2.85 bits per heavy atom. The van der Waals surface area contributed by atoms with Gasteiger partial charge >= 0.3 is 0 Å². The third-order valence-electron chi connectivity index (χ3n) is 1.68. The van der Waals surface area contributed by atoms with Crippen molar-refractivity contribution in [1.29, 1.82) is 0 Å². The normalized spacial score (nSPS) is 12.1. The number of aromatic nitrogens is 1. The summed E-state index contributed by atoms with van der Waals surface area (Å²) in [5.41, 5.74) is 11.8. The second kappa shape index (κ2) is 3.82. The molecule has 68 valence electrons. The Hall–Kier alpha value is -1.68. The van der Waals surface area contributed by atoms with Gasteiger partial charge in [-0.2, -0.15) is 0 Å². The van der Waals surface area contributed by atoms with E-state index < -0.39 is 5.91 Å². The zero-order valence-electron chi connectivity index (χ0n) is 7.10. The Balaban J connectivity index is 3.04. The molecule has 1 atom stereocenters. The minimum atomic E-state index is -0.509. The van der Waals surface area contributed by atoms with Crippen molar-refractivity contribution in [3.05, 3.63) is 42.2 Å². The maximum atomic E-state index is 10.8. The molecule has 4 heteroatoms. The molecule has 0 unspecified atom stereocenters. The molecule has 0 saturated carbocycles. The van der Waals surface area contributed by atoms with E-state index in [1.54, 1.807) is 18.3 Å². The van der Waals surface area contributed by atoms with Crippen LogP contribution in [0.25, 0.3) is 0 Å². The van der Waals surface area contributed by atoms with Crippen LogP contribution in [0.2, 0.25) is 0 Å². The van der Waals surface area contributed by atoms with Gasteiger partial charge in [-0.05, 0) is 11.6 Å². The lowest BCUT2D eigenvalue weighted by molar-refractivity contribution is 0.1000. The summed E-state index contributed by atoms with van der Waals surface area (Å²) in [7, 11) is 0. The SMILES string of the molecule is C=C[C@@H](N)c1cncc(C(N)=O)c1. The molecule has 13 heavy (non-hydrogen) atoms. The first-order chi connectivity index (χ1) is 6.15. The molecule has 0 spiro atoms. The molecule has 1 heterocycles. The molecule has 4 N–H and O–H groups in total. The molecular formula is C9H11N3O. The summed E-state index contributed by atoms with van der Waals surface area (Å²) >= 11 is 0. The van der Waals surface area contributed by atoms with Crippen molar-refractivity contribution < 1.29 is 4.79 Å². The van der Waals surface area contributed by atoms with Crippen molar-refractivity contribution >= 4 is 5.91 Å². The van der Waals surface area contributed by atoms with E-state index in [1.807, 2.05) is 0 Å². The van der Waals surface area contributed by atoms with Crippen molar-refractivity contribution in [3.8, 4) is 0 Å². The average molecular weight is 177 g/mol. The highest BCUT2D eigenvalue weighted by molar-refractivity contribution is 5.92. The minimum Gasteiger partial charge on any atom is -0.366 e. The summed E-state index contributed by atoms with van der Waals surface area (Å²) in [5.74, 6) is -0.509. The van der Waals surface area contributed by atoms with Gasteiger partial charge in [0.15, 0.2) is 0 Å². The van der Waals surface area contributed by atoms with E-state index in [0.717, 1.165) is 5.56 Å². The number of nitrogens with two attached hydrogens (primary N) is 2. The Kier molecular flexibility index (Phi) is 2.76. The lowest BCUT2D eigenvalue weighted by Gasteiger charge is -2.05. The highest BCUT2D eigenvalue weighted by Gasteiger charge is 2.05. The van der Waals surface area contributed by atoms with Crippen LogP contribution >= 0.6 is 0 Å². The highest BCUT2D eigenvalue weighted by atomic mass is 16.1. The van der Waals surface area contributed by atoms with Gasteiger partial charge in [0.1, 0.15) is 0 Å². The van der Waals surface area contributed by atoms with Crippen LogP contribution < -0.4 is 11.5 Å². The smallest absolute Gasteiger partial charge is 0.250 e. The van der Waals surface area contributed by atoms with Crippen molar-refractivity contribution in [3.63, 3.8) is 0 Å². The molecule has 0 aliphatic heterocycles. The number of carbonyl (C=O) groups is 1. The maximum absolute atomic E-state index is 10.8. The van der Waals surface area contributed by atoms with Gasteiger partial charge < -0.3 is 11.5 Å². The van der Waals surface area contributed by atoms with E-state index in [0.29, 0.717) is 5.56 Å². The van der Waals surface area contributed by atoms with Crippen LogP contribution in [0.1, 0.15) is 22.0 Å². The third-order valence-corrected chi connectivity index (χ3v) is 1.68. The first kappa shape index (κ1) is 9.41. The number of primary amides is 1.